The van der Waals surface area contributed by atoms with Crippen molar-refractivity contribution in [3.05, 3.63) is 11.5 Å². The Morgan fingerprint density at radius 3 is 2.65 bits per heavy atom. The van der Waals surface area contributed by atoms with Gasteiger partial charge in [0.15, 0.2) is 5.65 Å². The topological polar surface area (TPSA) is 56.0 Å². The molecule has 1 amide bonds. The van der Waals surface area contributed by atoms with Gasteiger partial charge in [0.1, 0.15) is 11.3 Å². The molecule has 2 aromatic heterocycles. The van der Waals surface area contributed by atoms with Gasteiger partial charge in [0, 0.05) is 33.6 Å². The molecule has 0 saturated heterocycles. The smallest absolute Gasteiger partial charge is 0.223 e. The number of carbonyl (C=O) groups excluding carboxylic acids is 1. The number of rotatable bonds is 5. The van der Waals surface area contributed by atoms with Crippen LogP contribution in [-0.2, 0) is 23.8 Å². The number of imidazole rings is 1. The summed E-state index contributed by atoms with van der Waals surface area (Å²) in [4.78, 5) is 17.9. The number of hydrogen-bond donors (Lipinski definition) is 0. The van der Waals surface area contributed by atoms with Gasteiger partial charge in [-0.2, -0.15) is 5.10 Å². The lowest BCUT2D eigenvalue weighted by Crippen LogP contribution is -2.23. The van der Waals surface area contributed by atoms with Crippen LogP contribution in [0.2, 0.25) is 0 Å². The first kappa shape index (κ1) is 14.8. The van der Waals surface area contributed by atoms with Gasteiger partial charge in [0.25, 0.3) is 0 Å². The molecule has 0 unspecified atom stereocenters. The second-order valence-electron chi connectivity index (χ2n) is 4.92. The van der Waals surface area contributed by atoms with Crippen molar-refractivity contribution in [2.45, 2.75) is 39.2 Å². The van der Waals surface area contributed by atoms with Crippen LogP contribution in [-0.4, -0.2) is 44.2 Å². The largest absolute Gasteiger partial charge is 0.349 e. The average Bonchev–Trinajstić information content (AvgIpc) is 2.93. The van der Waals surface area contributed by atoms with E-state index in [1.54, 1.807) is 19.0 Å². The van der Waals surface area contributed by atoms with Gasteiger partial charge in [-0.1, -0.05) is 0 Å². The molecule has 0 fully saturated rings. The van der Waals surface area contributed by atoms with E-state index in [1.165, 1.54) is 0 Å². The van der Waals surface area contributed by atoms with Crippen LogP contribution in [0.25, 0.3) is 11.2 Å². The summed E-state index contributed by atoms with van der Waals surface area (Å²) < 4.78 is 3.92. The molecule has 0 bridgehead atoms. The Balaban J connectivity index is 2.41. The number of aromatic nitrogens is 4. The number of aryl methyl sites for hydroxylation is 3. The van der Waals surface area contributed by atoms with Crippen LogP contribution >= 0.6 is 11.6 Å². The zero-order valence-electron chi connectivity index (χ0n) is 12.4. The molecule has 0 N–H and O–H groups in total. The molecular formula is C13H20ClN5O. The Kier molecular flexibility index (Phi) is 4.32. The highest BCUT2D eigenvalue weighted by atomic mass is 35.5. The number of carbonyl (C=O) groups is 1. The monoisotopic (exact) mass is 297 g/mol. The number of halogens is 1. The fourth-order valence-electron chi connectivity index (χ4n) is 2.26. The SMILES string of the molecule is CCn1nc(C)c2nc(CCl)n(CCC(=O)N(C)C)c21. The Morgan fingerprint density at radius 2 is 2.10 bits per heavy atom. The molecule has 0 aliphatic carbocycles. The number of amides is 1. The molecule has 0 saturated carbocycles. The molecule has 0 atom stereocenters. The molecule has 110 valence electrons. The van der Waals surface area contributed by atoms with E-state index in [-0.39, 0.29) is 5.91 Å². The van der Waals surface area contributed by atoms with Crippen molar-refractivity contribution in [3.8, 4) is 0 Å². The van der Waals surface area contributed by atoms with E-state index in [0.717, 1.165) is 29.2 Å². The van der Waals surface area contributed by atoms with Crippen LogP contribution in [0.3, 0.4) is 0 Å². The van der Waals surface area contributed by atoms with Crippen LogP contribution in [0.5, 0.6) is 0 Å². The fraction of sp³-hybridized carbons (Fsp3) is 0.615. The van der Waals surface area contributed by atoms with Gasteiger partial charge in [0.2, 0.25) is 5.91 Å². The van der Waals surface area contributed by atoms with Gasteiger partial charge in [-0.25, -0.2) is 9.67 Å². The van der Waals surface area contributed by atoms with E-state index in [0.29, 0.717) is 18.8 Å². The molecule has 0 aliphatic heterocycles. The number of alkyl halides is 1. The van der Waals surface area contributed by atoms with E-state index < -0.39 is 0 Å². The molecule has 2 aromatic rings. The van der Waals surface area contributed by atoms with Crippen LogP contribution in [0, 0.1) is 6.92 Å². The van der Waals surface area contributed by atoms with Crippen molar-refractivity contribution < 1.29 is 4.79 Å². The first-order chi connectivity index (χ1) is 9.49. The Labute approximate surface area is 123 Å². The maximum atomic E-state index is 11.8. The molecule has 7 heteroatoms. The molecule has 0 aromatic carbocycles. The summed E-state index contributed by atoms with van der Waals surface area (Å²) in [6, 6.07) is 0. The molecule has 0 spiro atoms. The number of fused-ring (bicyclic) bond motifs is 1. The lowest BCUT2D eigenvalue weighted by molar-refractivity contribution is -0.128. The second kappa shape index (κ2) is 5.83. The van der Waals surface area contributed by atoms with E-state index in [1.807, 2.05) is 23.1 Å². The molecule has 6 nitrogen and oxygen atoms in total. The quantitative estimate of drug-likeness (QED) is 0.791. The highest BCUT2D eigenvalue weighted by molar-refractivity contribution is 6.16. The first-order valence-electron chi connectivity index (χ1n) is 6.68. The molecule has 2 rings (SSSR count). The first-order valence-corrected chi connectivity index (χ1v) is 7.21. The zero-order valence-corrected chi connectivity index (χ0v) is 13.1. The maximum absolute atomic E-state index is 11.8. The lowest BCUT2D eigenvalue weighted by atomic mass is 10.3. The summed E-state index contributed by atoms with van der Waals surface area (Å²) in [5, 5.41) is 4.46. The van der Waals surface area contributed by atoms with E-state index in [9.17, 15) is 4.79 Å². The van der Waals surface area contributed by atoms with Gasteiger partial charge >= 0.3 is 0 Å². The summed E-state index contributed by atoms with van der Waals surface area (Å²) in [6.07, 6.45) is 0.427. The van der Waals surface area contributed by atoms with Crippen molar-refractivity contribution >= 4 is 28.7 Å². The van der Waals surface area contributed by atoms with Crippen molar-refractivity contribution in [3.63, 3.8) is 0 Å². The summed E-state index contributed by atoms with van der Waals surface area (Å²) in [5.74, 6) is 1.20. The van der Waals surface area contributed by atoms with Gasteiger partial charge in [-0.05, 0) is 13.8 Å². The van der Waals surface area contributed by atoms with Gasteiger partial charge in [-0.15, -0.1) is 11.6 Å². The van der Waals surface area contributed by atoms with Crippen molar-refractivity contribution in [1.29, 1.82) is 0 Å². The van der Waals surface area contributed by atoms with Gasteiger partial charge in [-0.3, -0.25) is 4.79 Å². The molecule has 0 aliphatic rings. The second-order valence-corrected chi connectivity index (χ2v) is 5.19. The molecule has 2 heterocycles. The molecule has 0 radical (unpaired) electrons. The van der Waals surface area contributed by atoms with Gasteiger partial charge in [0.05, 0.1) is 11.6 Å². The van der Waals surface area contributed by atoms with Crippen molar-refractivity contribution in [2.24, 2.45) is 0 Å². The third-order valence-electron chi connectivity index (χ3n) is 3.34. The predicted molar refractivity (Wildman–Crippen MR) is 78.8 cm³/mol. The van der Waals surface area contributed by atoms with Crippen molar-refractivity contribution in [1.82, 2.24) is 24.2 Å². The number of nitrogens with zero attached hydrogens (tertiary/aromatic N) is 5. The fourth-order valence-corrected chi connectivity index (χ4v) is 2.46. The van der Waals surface area contributed by atoms with E-state index in [4.69, 9.17) is 11.6 Å². The average molecular weight is 298 g/mol. The Morgan fingerprint density at radius 1 is 1.40 bits per heavy atom. The van der Waals surface area contributed by atoms with E-state index >= 15 is 0 Å². The molecular weight excluding hydrogens is 278 g/mol. The van der Waals surface area contributed by atoms with E-state index in [2.05, 4.69) is 10.1 Å². The van der Waals surface area contributed by atoms with Crippen LogP contribution < -0.4 is 0 Å². The summed E-state index contributed by atoms with van der Waals surface area (Å²) in [6.45, 7) is 5.31. The highest BCUT2D eigenvalue weighted by Gasteiger charge is 2.18. The number of hydrogen-bond acceptors (Lipinski definition) is 3. The summed E-state index contributed by atoms with van der Waals surface area (Å²) >= 11 is 5.98. The standard InChI is InChI=1S/C13H20ClN5O/c1-5-19-13-12(9(2)16-19)15-10(8-14)18(13)7-6-11(20)17(3)4/h5-8H2,1-4H3. The van der Waals surface area contributed by atoms with Crippen molar-refractivity contribution in [2.75, 3.05) is 14.1 Å². The van der Waals surface area contributed by atoms with Crippen LogP contribution in [0.1, 0.15) is 24.9 Å². The van der Waals surface area contributed by atoms with Gasteiger partial charge < -0.3 is 9.47 Å². The Hall–Kier alpha value is -1.56. The highest BCUT2D eigenvalue weighted by Crippen LogP contribution is 2.21. The third-order valence-corrected chi connectivity index (χ3v) is 3.58. The van der Waals surface area contributed by atoms with Crippen LogP contribution in [0.15, 0.2) is 0 Å². The normalized spacial score (nSPS) is 11.2. The van der Waals surface area contributed by atoms with Crippen LogP contribution in [0.4, 0.5) is 0 Å². The predicted octanol–water partition coefficient (Wildman–Crippen LogP) is 1.78. The minimum atomic E-state index is 0.0895. The minimum Gasteiger partial charge on any atom is -0.349 e. The minimum absolute atomic E-state index is 0.0895. The summed E-state index contributed by atoms with van der Waals surface area (Å²) in [7, 11) is 3.52. The Bertz CT molecular complexity index is 628. The molecule has 20 heavy (non-hydrogen) atoms. The zero-order chi connectivity index (χ0) is 14.9. The third kappa shape index (κ3) is 2.52. The maximum Gasteiger partial charge on any atom is 0.223 e. The summed E-state index contributed by atoms with van der Waals surface area (Å²) in [5.41, 5.74) is 2.72. The lowest BCUT2D eigenvalue weighted by Gasteiger charge is -2.12.